The minimum absolute atomic E-state index is 0.381. The second-order valence-electron chi connectivity index (χ2n) is 13.3. The third kappa shape index (κ3) is 4.55. The molecule has 1 atom stereocenters. The first-order valence-corrected chi connectivity index (χ1v) is 17.4. The number of nitrogens with one attached hydrogen (secondary N) is 1. The van der Waals surface area contributed by atoms with Gasteiger partial charge in [-0.25, -0.2) is 9.98 Å². The molecular weight excluding hydrogens is 641 g/mol. The third-order valence-electron chi connectivity index (χ3n) is 10.2. The van der Waals surface area contributed by atoms with Crippen molar-refractivity contribution in [3.8, 4) is 11.1 Å². The SMILES string of the molecule is c1ccc(C2=NC(c3ccc4ccccc4c3)NC(c3cc(-c4cccc5c4oc4ccccc45)cc4oc5cc6ccncc6cc5c34)=N2)cc1. The standard InChI is InChI=1S/C46H28N4O2/c1-2-10-28(11-3-1)44-48-45(31-18-17-27-9-4-5-12-29(27)21-31)50-46(49-44)38-22-32(34-14-8-15-36-35-13-6-7-16-39(35)52-43(34)36)25-41-42(38)37-23-33-26-47-20-19-30(33)24-40(37)51-41/h1-26,45H,(H,48,49,50). The van der Waals surface area contributed by atoms with Crippen LogP contribution in [-0.2, 0) is 0 Å². The first-order valence-electron chi connectivity index (χ1n) is 17.4. The van der Waals surface area contributed by atoms with Gasteiger partial charge in [-0.3, -0.25) is 4.98 Å². The fraction of sp³-hybridized carbons (Fsp3) is 0.0217. The van der Waals surface area contributed by atoms with Crippen LogP contribution in [0, 0.1) is 0 Å². The van der Waals surface area contributed by atoms with Gasteiger partial charge in [-0.15, -0.1) is 0 Å². The Bertz CT molecular complexity index is 3120. The van der Waals surface area contributed by atoms with Gasteiger partial charge in [0.25, 0.3) is 0 Å². The Hall–Kier alpha value is -7.05. The van der Waals surface area contributed by atoms with Crippen LogP contribution in [0.4, 0.5) is 0 Å². The van der Waals surface area contributed by atoms with Crippen molar-refractivity contribution in [2.45, 2.75) is 6.17 Å². The van der Waals surface area contributed by atoms with Gasteiger partial charge in [0.2, 0.25) is 0 Å². The quantitative estimate of drug-likeness (QED) is 0.202. The summed E-state index contributed by atoms with van der Waals surface area (Å²) in [7, 11) is 0. The summed E-state index contributed by atoms with van der Waals surface area (Å²) in [5.74, 6) is 1.37. The average molecular weight is 669 g/mol. The lowest BCUT2D eigenvalue weighted by Gasteiger charge is -2.24. The number of nitrogens with zero attached hydrogens (tertiary/aromatic N) is 3. The van der Waals surface area contributed by atoms with Gasteiger partial charge in [-0.2, -0.15) is 0 Å². The highest BCUT2D eigenvalue weighted by atomic mass is 16.3. The van der Waals surface area contributed by atoms with Crippen molar-refractivity contribution in [3.05, 3.63) is 175 Å². The van der Waals surface area contributed by atoms with Crippen LogP contribution in [0.2, 0.25) is 0 Å². The van der Waals surface area contributed by atoms with Crippen molar-refractivity contribution in [2.24, 2.45) is 9.98 Å². The first-order chi connectivity index (χ1) is 25.7. The van der Waals surface area contributed by atoms with E-state index in [-0.39, 0.29) is 6.17 Å². The molecule has 7 aromatic carbocycles. The number of aliphatic imine (C=N–C) groups is 2. The molecule has 244 valence electrons. The summed E-state index contributed by atoms with van der Waals surface area (Å²) in [5.41, 5.74) is 8.10. The van der Waals surface area contributed by atoms with E-state index in [1.165, 1.54) is 5.39 Å². The van der Waals surface area contributed by atoms with Crippen molar-refractivity contribution in [3.63, 3.8) is 0 Å². The van der Waals surface area contributed by atoms with Gasteiger partial charge >= 0.3 is 0 Å². The number of furan rings is 2. The van der Waals surface area contributed by atoms with Crippen molar-refractivity contribution < 1.29 is 8.83 Å². The minimum atomic E-state index is -0.381. The molecule has 4 heterocycles. The van der Waals surface area contributed by atoms with E-state index in [1.54, 1.807) is 0 Å². The van der Waals surface area contributed by atoms with Gasteiger partial charge in [-0.05, 0) is 69.8 Å². The predicted octanol–water partition coefficient (Wildman–Crippen LogP) is 11.3. The van der Waals surface area contributed by atoms with E-state index in [1.807, 2.05) is 54.9 Å². The molecule has 1 aliphatic rings. The van der Waals surface area contributed by atoms with Crippen molar-refractivity contribution >= 4 is 77.1 Å². The van der Waals surface area contributed by atoms with Gasteiger partial charge in [-0.1, -0.05) is 103 Å². The largest absolute Gasteiger partial charge is 0.456 e. The van der Waals surface area contributed by atoms with E-state index in [9.17, 15) is 0 Å². The molecule has 0 aliphatic carbocycles. The van der Waals surface area contributed by atoms with E-state index in [4.69, 9.17) is 18.8 Å². The lowest BCUT2D eigenvalue weighted by Crippen LogP contribution is -2.33. The number of aromatic nitrogens is 1. The highest BCUT2D eigenvalue weighted by molar-refractivity contribution is 6.24. The zero-order valence-corrected chi connectivity index (χ0v) is 27.7. The van der Waals surface area contributed by atoms with Gasteiger partial charge in [0, 0.05) is 56.0 Å². The number of fused-ring (bicyclic) bond motifs is 8. The molecule has 1 aliphatic heterocycles. The molecule has 6 heteroatoms. The van der Waals surface area contributed by atoms with Crippen LogP contribution < -0.4 is 5.32 Å². The van der Waals surface area contributed by atoms with Crippen molar-refractivity contribution in [1.29, 1.82) is 0 Å². The van der Waals surface area contributed by atoms with Crippen LogP contribution in [0.25, 0.3) is 76.5 Å². The van der Waals surface area contributed by atoms with Crippen LogP contribution >= 0.6 is 0 Å². The zero-order valence-electron chi connectivity index (χ0n) is 27.7. The highest BCUT2D eigenvalue weighted by Gasteiger charge is 2.26. The van der Waals surface area contributed by atoms with Crippen molar-refractivity contribution in [2.75, 3.05) is 0 Å². The Balaban J connectivity index is 1.18. The summed E-state index contributed by atoms with van der Waals surface area (Å²) >= 11 is 0. The Labute approximate surface area is 297 Å². The molecule has 0 saturated heterocycles. The predicted molar refractivity (Wildman–Crippen MR) is 211 cm³/mol. The molecule has 1 unspecified atom stereocenters. The lowest BCUT2D eigenvalue weighted by atomic mass is 9.95. The normalized spacial score (nSPS) is 14.7. The molecule has 52 heavy (non-hydrogen) atoms. The zero-order chi connectivity index (χ0) is 34.2. The lowest BCUT2D eigenvalue weighted by molar-refractivity contribution is 0.667. The molecule has 1 N–H and O–H groups in total. The maximum Gasteiger partial charge on any atom is 0.159 e. The number of amidine groups is 2. The number of para-hydroxylation sites is 2. The summed E-state index contributed by atoms with van der Waals surface area (Å²) in [6, 6.07) is 50.2. The Morgan fingerprint density at radius 3 is 2.29 bits per heavy atom. The van der Waals surface area contributed by atoms with Crippen LogP contribution in [0.15, 0.2) is 177 Å². The summed E-state index contributed by atoms with van der Waals surface area (Å²) in [6.07, 6.45) is 3.33. The molecule has 0 radical (unpaired) electrons. The number of benzene rings is 7. The highest BCUT2D eigenvalue weighted by Crippen LogP contribution is 2.41. The van der Waals surface area contributed by atoms with E-state index in [0.717, 1.165) is 87.9 Å². The molecule has 3 aromatic heterocycles. The van der Waals surface area contributed by atoms with E-state index >= 15 is 0 Å². The summed E-state index contributed by atoms with van der Waals surface area (Å²) in [6.45, 7) is 0. The van der Waals surface area contributed by atoms with Gasteiger partial charge in [0.1, 0.15) is 34.3 Å². The van der Waals surface area contributed by atoms with E-state index in [2.05, 4.69) is 113 Å². The maximum absolute atomic E-state index is 6.73. The van der Waals surface area contributed by atoms with Crippen LogP contribution in [0.5, 0.6) is 0 Å². The number of hydrogen-bond donors (Lipinski definition) is 1. The topological polar surface area (TPSA) is 75.9 Å². The Morgan fingerprint density at radius 2 is 1.35 bits per heavy atom. The van der Waals surface area contributed by atoms with Gasteiger partial charge in [0.15, 0.2) is 5.84 Å². The van der Waals surface area contributed by atoms with E-state index < -0.39 is 0 Å². The van der Waals surface area contributed by atoms with Gasteiger partial charge < -0.3 is 14.2 Å². The first kappa shape index (κ1) is 28.8. The Morgan fingerprint density at radius 1 is 0.519 bits per heavy atom. The minimum Gasteiger partial charge on any atom is -0.456 e. The molecule has 0 bridgehead atoms. The molecule has 10 aromatic rings. The van der Waals surface area contributed by atoms with Crippen LogP contribution in [0.3, 0.4) is 0 Å². The Kier molecular flexibility index (Phi) is 6.21. The summed E-state index contributed by atoms with van der Waals surface area (Å²) in [5, 5.41) is 12.3. The van der Waals surface area contributed by atoms with Crippen molar-refractivity contribution in [1.82, 2.24) is 10.3 Å². The molecule has 0 amide bonds. The summed E-state index contributed by atoms with van der Waals surface area (Å²) < 4.78 is 13.3. The van der Waals surface area contributed by atoms with Crippen LogP contribution in [-0.4, -0.2) is 16.7 Å². The molecule has 0 spiro atoms. The molecule has 0 saturated carbocycles. The summed E-state index contributed by atoms with van der Waals surface area (Å²) in [4.78, 5) is 14.9. The molecule has 6 nitrogen and oxygen atoms in total. The van der Waals surface area contributed by atoms with E-state index in [0.29, 0.717) is 11.7 Å². The second-order valence-corrected chi connectivity index (χ2v) is 13.3. The fourth-order valence-corrected chi connectivity index (χ4v) is 7.66. The maximum atomic E-state index is 6.73. The average Bonchev–Trinajstić information content (AvgIpc) is 3.77. The monoisotopic (exact) mass is 668 g/mol. The number of rotatable bonds is 4. The molecule has 0 fully saturated rings. The number of pyridine rings is 1. The van der Waals surface area contributed by atoms with Gasteiger partial charge in [0.05, 0.1) is 0 Å². The van der Waals surface area contributed by atoms with Crippen LogP contribution in [0.1, 0.15) is 22.9 Å². The smallest absolute Gasteiger partial charge is 0.159 e. The molecular formula is C46H28N4O2. The third-order valence-corrected chi connectivity index (χ3v) is 10.2. The second kappa shape index (κ2) is 11.2. The number of hydrogen-bond acceptors (Lipinski definition) is 6. The molecule has 11 rings (SSSR count). The fourth-order valence-electron chi connectivity index (χ4n) is 7.66.